The number of rotatable bonds is 6. The number of nitrogens with one attached hydrogen (secondary N) is 3. The first-order valence-electron chi connectivity index (χ1n) is 17.8. The fourth-order valence-corrected chi connectivity index (χ4v) is 8.44. The molecule has 4 atom stereocenters. The van der Waals surface area contributed by atoms with E-state index in [2.05, 4.69) is 20.6 Å². The number of fused-ring (bicyclic) bond motifs is 5. The lowest BCUT2D eigenvalue weighted by Crippen LogP contribution is -2.59. The monoisotopic (exact) mass is 732 g/mol. The average molecular weight is 733 g/mol. The average Bonchev–Trinajstić information content (AvgIpc) is 3.99. The lowest BCUT2D eigenvalue weighted by atomic mass is 10.1. The molecule has 2 aromatic rings. The number of urea groups is 1. The molecular weight excluding hydrogens is 689 g/mol. The lowest BCUT2D eigenvalue weighted by molar-refractivity contribution is -0.131. The third kappa shape index (κ3) is 7.23. The molecule has 3 N–H and O–H groups in total. The summed E-state index contributed by atoms with van der Waals surface area (Å²) in [7, 11) is -3.88. The first-order valence-corrected chi connectivity index (χ1v) is 19.4. The van der Waals surface area contributed by atoms with Gasteiger partial charge in [0.1, 0.15) is 29.0 Å². The summed E-state index contributed by atoms with van der Waals surface area (Å²) in [6, 6.07) is 13.9. The Morgan fingerprint density at radius 1 is 0.981 bits per heavy atom. The molecule has 7 rings (SSSR count). The smallest absolute Gasteiger partial charge is 0.426 e. The SMILES string of the molecule is CC(C)(C)OC(=O)NN1CCCC/C=C\[C@@H]2C[C@]2(C(=O)NS(=O)(=O)C2CC2)NC(=O)[C@@H]2C[C@@H](ON=C3c4ccccc4-c4ccccc43)CN2C1=O. The molecule has 1 saturated heterocycles. The zero-order valence-electron chi connectivity index (χ0n) is 29.5. The van der Waals surface area contributed by atoms with Gasteiger partial charge < -0.3 is 19.8 Å². The number of hydrazine groups is 1. The zero-order chi connectivity index (χ0) is 36.8. The summed E-state index contributed by atoms with van der Waals surface area (Å²) in [6.07, 6.45) is 5.12. The Hall–Kier alpha value is -4.92. The zero-order valence-corrected chi connectivity index (χ0v) is 30.3. The molecule has 52 heavy (non-hydrogen) atoms. The van der Waals surface area contributed by atoms with Gasteiger partial charge in [-0.3, -0.25) is 14.3 Å². The van der Waals surface area contributed by atoms with Gasteiger partial charge >= 0.3 is 12.1 Å². The number of ether oxygens (including phenoxy) is 1. The van der Waals surface area contributed by atoms with Crippen LogP contribution in [0.5, 0.6) is 0 Å². The number of carbonyl (C=O) groups excluding carboxylic acids is 4. The van der Waals surface area contributed by atoms with Gasteiger partial charge in [0.25, 0.3) is 5.91 Å². The number of oxime groups is 1. The van der Waals surface area contributed by atoms with Crippen LogP contribution < -0.4 is 15.5 Å². The van der Waals surface area contributed by atoms with Crippen LogP contribution in [0.4, 0.5) is 9.59 Å². The number of amides is 5. The van der Waals surface area contributed by atoms with Crippen molar-refractivity contribution in [2.75, 3.05) is 13.1 Å². The van der Waals surface area contributed by atoms with Gasteiger partial charge in [-0.2, -0.15) is 0 Å². The van der Waals surface area contributed by atoms with Crippen LogP contribution in [0.1, 0.15) is 76.8 Å². The van der Waals surface area contributed by atoms with Crippen molar-refractivity contribution in [1.29, 1.82) is 0 Å². The van der Waals surface area contributed by atoms with Gasteiger partial charge in [0.15, 0.2) is 0 Å². The molecule has 3 aliphatic carbocycles. The van der Waals surface area contributed by atoms with Gasteiger partial charge in [0, 0.05) is 30.0 Å². The Bertz CT molecular complexity index is 1910. The topological polar surface area (TPSA) is 176 Å². The third-order valence-electron chi connectivity index (χ3n) is 9.95. The second kappa shape index (κ2) is 13.6. The highest BCUT2D eigenvalue weighted by molar-refractivity contribution is 7.91. The highest BCUT2D eigenvalue weighted by Gasteiger charge is 2.62. The Morgan fingerprint density at radius 2 is 1.63 bits per heavy atom. The van der Waals surface area contributed by atoms with Gasteiger partial charge in [0.05, 0.1) is 11.8 Å². The largest absolute Gasteiger partial charge is 0.443 e. The van der Waals surface area contributed by atoms with Gasteiger partial charge in [-0.1, -0.05) is 65.8 Å². The van der Waals surface area contributed by atoms with E-state index >= 15 is 0 Å². The van der Waals surface area contributed by atoms with Crippen molar-refractivity contribution < 1.29 is 37.2 Å². The van der Waals surface area contributed by atoms with Crippen LogP contribution in [0.15, 0.2) is 65.8 Å². The van der Waals surface area contributed by atoms with E-state index in [4.69, 9.17) is 9.57 Å². The van der Waals surface area contributed by atoms with E-state index < -0.39 is 68.4 Å². The van der Waals surface area contributed by atoms with Crippen molar-refractivity contribution >= 4 is 39.7 Å². The molecule has 2 aromatic carbocycles. The summed E-state index contributed by atoms with van der Waals surface area (Å²) < 4.78 is 33.2. The molecule has 5 aliphatic rings. The van der Waals surface area contributed by atoms with Crippen LogP contribution in [0.3, 0.4) is 0 Å². The Balaban J connectivity index is 1.18. The van der Waals surface area contributed by atoms with Gasteiger partial charge in [-0.15, -0.1) is 0 Å². The molecule has 0 bridgehead atoms. The molecule has 2 aliphatic heterocycles. The van der Waals surface area contributed by atoms with Crippen LogP contribution in [-0.4, -0.2) is 89.6 Å². The molecule has 15 heteroatoms. The maximum Gasteiger partial charge on any atom is 0.426 e. The number of nitrogens with zero attached hydrogens (tertiary/aromatic N) is 3. The van der Waals surface area contributed by atoms with E-state index in [9.17, 15) is 27.6 Å². The number of benzene rings is 2. The van der Waals surface area contributed by atoms with E-state index in [1.54, 1.807) is 20.8 Å². The summed E-state index contributed by atoms with van der Waals surface area (Å²) in [5.74, 6) is -1.87. The maximum atomic E-state index is 14.3. The van der Waals surface area contributed by atoms with Crippen molar-refractivity contribution in [2.45, 2.75) is 94.3 Å². The molecular formula is C37H44N6O8S. The minimum absolute atomic E-state index is 0.0243. The molecule has 2 saturated carbocycles. The predicted octanol–water partition coefficient (Wildman–Crippen LogP) is 3.96. The molecule has 0 aromatic heterocycles. The van der Waals surface area contributed by atoms with Crippen molar-refractivity contribution in [3.63, 3.8) is 0 Å². The summed E-state index contributed by atoms with van der Waals surface area (Å²) in [6.45, 7) is 5.22. The van der Waals surface area contributed by atoms with Crippen LogP contribution in [0, 0.1) is 5.92 Å². The molecule has 2 heterocycles. The third-order valence-corrected chi connectivity index (χ3v) is 11.8. The molecule has 5 amide bonds. The first-order chi connectivity index (χ1) is 24.8. The van der Waals surface area contributed by atoms with Crippen LogP contribution >= 0.6 is 0 Å². The van der Waals surface area contributed by atoms with Crippen LogP contribution in [-0.2, 0) is 29.2 Å². The fourth-order valence-electron chi connectivity index (χ4n) is 7.08. The fraction of sp³-hybridized carbons (Fsp3) is 0.486. The summed E-state index contributed by atoms with van der Waals surface area (Å²) >= 11 is 0. The van der Waals surface area contributed by atoms with Crippen LogP contribution in [0.2, 0.25) is 0 Å². The molecule has 276 valence electrons. The second-order valence-corrected chi connectivity index (χ2v) is 17.0. The summed E-state index contributed by atoms with van der Waals surface area (Å²) in [4.78, 5) is 62.5. The van der Waals surface area contributed by atoms with Crippen LogP contribution in [0.25, 0.3) is 11.1 Å². The Labute approximate surface area is 303 Å². The van der Waals surface area contributed by atoms with E-state index in [0.717, 1.165) is 27.3 Å². The molecule has 0 radical (unpaired) electrons. The highest BCUT2D eigenvalue weighted by atomic mass is 32.2. The van der Waals surface area contributed by atoms with E-state index in [1.165, 1.54) is 4.90 Å². The lowest BCUT2D eigenvalue weighted by Gasteiger charge is -2.32. The van der Waals surface area contributed by atoms with E-state index in [1.807, 2.05) is 60.7 Å². The molecule has 0 unspecified atom stereocenters. The minimum Gasteiger partial charge on any atom is -0.443 e. The minimum atomic E-state index is -3.88. The van der Waals surface area contributed by atoms with Crippen molar-refractivity contribution in [1.82, 2.24) is 25.4 Å². The van der Waals surface area contributed by atoms with Crippen molar-refractivity contribution in [3.8, 4) is 11.1 Å². The van der Waals surface area contributed by atoms with Crippen molar-refractivity contribution in [2.24, 2.45) is 11.1 Å². The van der Waals surface area contributed by atoms with Crippen molar-refractivity contribution in [3.05, 3.63) is 71.8 Å². The van der Waals surface area contributed by atoms with Gasteiger partial charge in [0.2, 0.25) is 15.9 Å². The van der Waals surface area contributed by atoms with E-state index in [-0.39, 0.29) is 25.9 Å². The van der Waals surface area contributed by atoms with Gasteiger partial charge in [-0.05, 0) is 70.4 Å². The second-order valence-electron chi connectivity index (χ2n) is 15.1. The van der Waals surface area contributed by atoms with E-state index in [0.29, 0.717) is 37.8 Å². The summed E-state index contributed by atoms with van der Waals surface area (Å²) in [5, 5.41) is 7.94. The highest BCUT2D eigenvalue weighted by Crippen LogP contribution is 2.46. The number of sulfonamides is 1. The molecule has 0 spiro atoms. The molecule has 14 nitrogen and oxygen atoms in total. The molecule has 3 fully saturated rings. The number of allylic oxidation sites excluding steroid dienone is 1. The number of carbonyl (C=O) groups is 4. The Morgan fingerprint density at radius 3 is 2.27 bits per heavy atom. The quantitative estimate of drug-likeness (QED) is 0.252. The standard InChI is InChI=1S/C37H44N6O8S/c1-36(2,3)50-34(46)39-43-19-11-5-4-6-12-23-21-37(23,33(45)41-52(48,49)25-17-18-25)38-32(44)30-20-24(22-42(30)35(43)47)51-40-31-28-15-9-7-13-26(28)27-14-8-10-16-29(27)31/h6-10,12-16,23-25,30H,4-5,11,17-22H2,1-3H3,(H,38,44)(H,39,46)(H,41,45)/b12-6-/t23-,24-,30+,37+/m1/s1. The maximum absolute atomic E-state index is 14.3. The normalized spacial score (nSPS) is 26.4. The predicted molar refractivity (Wildman–Crippen MR) is 191 cm³/mol. The first kappa shape index (κ1) is 35.5. The van der Waals surface area contributed by atoms with Gasteiger partial charge in [-0.25, -0.2) is 28.4 Å². The number of hydrogen-bond donors (Lipinski definition) is 3. The number of hydrogen-bond acceptors (Lipinski definition) is 9. The summed E-state index contributed by atoms with van der Waals surface area (Å²) in [5.41, 5.74) is 4.68. The Kier molecular flexibility index (Phi) is 9.26.